The summed E-state index contributed by atoms with van der Waals surface area (Å²) in [4.78, 5) is 39.5. The van der Waals surface area contributed by atoms with Crippen molar-refractivity contribution in [2.75, 3.05) is 17.2 Å². The van der Waals surface area contributed by atoms with Crippen molar-refractivity contribution in [3.63, 3.8) is 0 Å². The number of nitrogens with one attached hydrogen (secondary N) is 2. The van der Waals surface area contributed by atoms with Gasteiger partial charge in [0.1, 0.15) is 11.8 Å². The molecule has 4 amide bonds. The van der Waals surface area contributed by atoms with Crippen LogP contribution in [0.3, 0.4) is 0 Å². The molecule has 0 radical (unpaired) electrons. The van der Waals surface area contributed by atoms with Crippen LogP contribution in [0, 0.1) is 0 Å². The molecule has 13 heteroatoms. The van der Waals surface area contributed by atoms with Crippen molar-refractivity contribution >= 4 is 40.2 Å². The summed E-state index contributed by atoms with van der Waals surface area (Å²) < 4.78 is 42.7. The molecule has 36 heavy (non-hydrogen) atoms. The van der Waals surface area contributed by atoms with E-state index in [1.54, 1.807) is 24.3 Å². The number of likely N-dealkylation sites (tertiary alicyclic amines) is 1. The first-order valence-corrected chi connectivity index (χ1v) is 10.9. The van der Waals surface area contributed by atoms with Gasteiger partial charge in [0.25, 0.3) is 0 Å². The van der Waals surface area contributed by atoms with Gasteiger partial charge in [-0.1, -0.05) is 24.3 Å². The van der Waals surface area contributed by atoms with Crippen molar-refractivity contribution in [2.24, 2.45) is 11.5 Å². The molecule has 0 spiro atoms. The Kier molecular flexibility index (Phi) is 6.75. The Labute approximate surface area is 203 Å². The minimum absolute atomic E-state index is 0.0721. The standard InChI is InChI=1S/C23H23F3N6O4/c24-23(25,26)36-15-5-3-4-13(10-15)29-20(33)19-9-8-14(11-27)32(19)22(35)30-17-12-31(21(28)34)18-7-2-1-6-16(17)18/h1-7,10,12,14,19H,8-9,11,27H2,(H2,28,34)(H,29,33)(H,30,35)/t14-,19+/m1/s1. The van der Waals surface area contributed by atoms with Crippen LogP contribution < -0.4 is 26.8 Å². The number of hydrogen-bond acceptors (Lipinski definition) is 5. The Hall–Kier alpha value is -4.26. The lowest BCUT2D eigenvalue weighted by molar-refractivity contribution is -0.274. The zero-order valence-corrected chi connectivity index (χ0v) is 18.8. The molecule has 1 aromatic heterocycles. The van der Waals surface area contributed by atoms with Gasteiger partial charge in [0, 0.05) is 35.9 Å². The molecule has 0 unspecified atom stereocenters. The first-order valence-electron chi connectivity index (χ1n) is 10.9. The summed E-state index contributed by atoms with van der Waals surface area (Å²) in [6, 6.07) is 8.91. The van der Waals surface area contributed by atoms with Crippen molar-refractivity contribution in [1.29, 1.82) is 0 Å². The molecule has 190 valence electrons. The molecule has 3 aromatic rings. The number of anilines is 2. The van der Waals surface area contributed by atoms with Crippen molar-refractivity contribution in [3.8, 4) is 5.75 Å². The topological polar surface area (TPSA) is 145 Å². The molecule has 1 aliphatic heterocycles. The Morgan fingerprint density at radius 2 is 1.81 bits per heavy atom. The van der Waals surface area contributed by atoms with Crippen LogP contribution in [0.4, 0.5) is 34.1 Å². The maximum atomic E-state index is 13.3. The molecule has 1 fully saturated rings. The van der Waals surface area contributed by atoms with Crippen LogP contribution in [0.5, 0.6) is 5.75 Å². The van der Waals surface area contributed by atoms with E-state index in [9.17, 15) is 27.6 Å². The summed E-state index contributed by atoms with van der Waals surface area (Å²) in [6.07, 6.45) is -2.75. The minimum Gasteiger partial charge on any atom is -0.406 e. The average molecular weight is 504 g/mol. The fraction of sp³-hybridized carbons (Fsp3) is 0.261. The smallest absolute Gasteiger partial charge is 0.406 e. The third kappa shape index (κ3) is 5.20. The number of alkyl halides is 3. The monoisotopic (exact) mass is 504 g/mol. The van der Waals surface area contributed by atoms with Crippen molar-refractivity contribution in [1.82, 2.24) is 9.47 Å². The van der Waals surface area contributed by atoms with Gasteiger partial charge in [0.05, 0.1) is 11.2 Å². The lowest BCUT2D eigenvalue weighted by atomic mass is 10.2. The predicted molar refractivity (Wildman–Crippen MR) is 125 cm³/mol. The summed E-state index contributed by atoms with van der Waals surface area (Å²) in [5, 5.41) is 5.83. The van der Waals surface area contributed by atoms with Gasteiger partial charge in [-0.25, -0.2) is 9.59 Å². The molecule has 4 rings (SSSR count). The largest absolute Gasteiger partial charge is 0.573 e. The number of hydrogen-bond donors (Lipinski definition) is 4. The number of fused-ring (bicyclic) bond motifs is 1. The van der Waals surface area contributed by atoms with Crippen LogP contribution >= 0.6 is 0 Å². The second-order valence-electron chi connectivity index (χ2n) is 8.15. The molecule has 2 aromatic carbocycles. The van der Waals surface area contributed by atoms with Gasteiger partial charge in [-0.3, -0.25) is 9.36 Å². The van der Waals surface area contributed by atoms with Gasteiger partial charge in [-0.05, 0) is 31.0 Å². The summed E-state index contributed by atoms with van der Waals surface area (Å²) in [6.45, 7) is 0.0924. The third-order valence-corrected chi connectivity index (χ3v) is 5.84. The van der Waals surface area contributed by atoms with E-state index >= 15 is 0 Å². The fourth-order valence-electron chi connectivity index (χ4n) is 4.32. The summed E-state index contributed by atoms with van der Waals surface area (Å²) >= 11 is 0. The van der Waals surface area contributed by atoms with Crippen LogP contribution in [-0.2, 0) is 4.79 Å². The molecular weight excluding hydrogens is 481 g/mol. The van der Waals surface area contributed by atoms with E-state index in [0.717, 1.165) is 12.1 Å². The molecule has 1 saturated heterocycles. The minimum atomic E-state index is -4.88. The number of carbonyl (C=O) groups excluding carboxylic acids is 3. The highest BCUT2D eigenvalue weighted by Gasteiger charge is 2.40. The SMILES string of the molecule is NC[C@H]1CC[C@@H](C(=O)Nc2cccc(OC(F)(F)F)c2)N1C(=O)Nc1cn(C(N)=O)c2ccccc12. The van der Waals surface area contributed by atoms with Gasteiger partial charge in [-0.2, -0.15) is 0 Å². The molecule has 2 atom stereocenters. The number of benzene rings is 2. The summed E-state index contributed by atoms with van der Waals surface area (Å²) in [5.41, 5.74) is 12.1. The number of nitrogens with two attached hydrogens (primary N) is 2. The first kappa shape index (κ1) is 24.9. The second kappa shape index (κ2) is 9.77. The number of rotatable bonds is 5. The zero-order valence-electron chi connectivity index (χ0n) is 18.8. The predicted octanol–water partition coefficient (Wildman–Crippen LogP) is 3.43. The number of urea groups is 1. The van der Waals surface area contributed by atoms with Gasteiger partial charge in [0.15, 0.2) is 0 Å². The summed E-state index contributed by atoms with van der Waals surface area (Å²) in [5.74, 6) is -1.09. The Morgan fingerprint density at radius 3 is 2.50 bits per heavy atom. The third-order valence-electron chi connectivity index (χ3n) is 5.84. The molecule has 0 bridgehead atoms. The van der Waals surface area contributed by atoms with Gasteiger partial charge < -0.3 is 31.7 Å². The summed E-state index contributed by atoms with van der Waals surface area (Å²) in [7, 11) is 0. The first-order chi connectivity index (χ1) is 17.1. The van der Waals surface area contributed by atoms with E-state index in [-0.39, 0.29) is 12.2 Å². The number of primary amides is 1. The lowest BCUT2D eigenvalue weighted by Crippen LogP contribution is -2.50. The molecule has 1 aliphatic rings. The Bertz CT molecular complexity index is 1310. The van der Waals surface area contributed by atoms with Crippen LogP contribution in [0.1, 0.15) is 12.8 Å². The van der Waals surface area contributed by atoms with E-state index < -0.39 is 42.2 Å². The number of nitrogens with zero attached hydrogens (tertiary/aromatic N) is 2. The van der Waals surface area contributed by atoms with E-state index in [1.165, 1.54) is 27.8 Å². The van der Waals surface area contributed by atoms with E-state index in [4.69, 9.17) is 11.5 Å². The van der Waals surface area contributed by atoms with Crippen molar-refractivity contribution in [3.05, 3.63) is 54.7 Å². The highest BCUT2D eigenvalue weighted by atomic mass is 19.4. The zero-order chi connectivity index (χ0) is 26.0. The van der Waals surface area contributed by atoms with E-state index in [0.29, 0.717) is 29.4 Å². The maximum absolute atomic E-state index is 13.3. The van der Waals surface area contributed by atoms with Crippen molar-refractivity contribution in [2.45, 2.75) is 31.3 Å². The number of para-hydroxylation sites is 1. The molecule has 2 heterocycles. The normalized spacial score (nSPS) is 17.7. The van der Waals surface area contributed by atoms with Crippen molar-refractivity contribution < 1.29 is 32.3 Å². The Balaban J connectivity index is 1.54. The lowest BCUT2D eigenvalue weighted by Gasteiger charge is -2.29. The van der Waals surface area contributed by atoms with E-state index in [1.807, 2.05) is 0 Å². The van der Waals surface area contributed by atoms with Gasteiger partial charge >= 0.3 is 18.4 Å². The molecule has 10 nitrogen and oxygen atoms in total. The second-order valence-corrected chi connectivity index (χ2v) is 8.15. The fourth-order valence-corrected chi connectivity index (χ4v) is 4.32. The van der Waals surface area contributed by atoms with Gasteiger partial charge in [-0.15, -0.1) is 13.2 Å². The van der Waals surface area contributed by atoms with Gasteiger partial charge in [0.2, 0.25) is 5.91 Å². The molecule has 6 N–H and O–H groups in total. The number of aromatic nitrogens is 1. The average Bonchev–Trinajstić information content (AvgIpc) is 3.40. The number of amides is 4. The molecular formula is C23H23F3N6O4. The molecule has 0 saturated carbocycles. The van der Waals surface area contributed by atoms with Crippen LogP contribution in [0.2, 0.25) is 0 Å². The Morgan fingerprint density at radius 1 is 1.06 bits per heavy atom. The quantitative estimate of drug-likeness (QED) is 0.421. The van der Waals surface area contributed by atoms with Crippen LogP contribution in [0.15, 0.2) is 54.7 Å². The molecule has 0 aliphatic carbocycles. The van der Waals surface area contributed by atoms with Crippen LogP contribution in [0.25, 0.3) is 10.9 Å². The highest BCUT2D eigenvalue weighted by Crippen LogP contribution is 2.30. The highest BCUT2D eigenvalue weighted by molar-refractivity contribution is 6.06. The number of halogens is 3. The number of ether oxygens (including phenoxy) is 1. The van der Waals surface area contributed by atoms with Crippen LogP contribution in [-0.4, -0.2) is 52.4 Å². The maximum Gasteiger partial charge on any atom is 0.573 e. The van der Waals surface area contributed by atoms with E-state index in [2.05, 4.69) is 15.4 Å². The number of carbonyl (C=O) groups is 3.